The van der Waals surface area contributed by atoms with E-state index in [9.17, 15) is 25.5 Å². The molecule has 8 atom stereocenters. The Bertz CT molecular complexity index is 301. The van der Waals surface area contributed by atoms with Crippen molar-refractivity contribution in [2.24, 2.45) is 0 Å². The highest BCUT2D eigenvalue weighted by Crippen LogP contribution is 2.22. The molecular formula is C11H22O10. The first-order valence-electron chi connectivity index (χ1n) is 6.40. The predicted molar refractivity (Wildman–Crippen MR) is 64.8 cm³/mol. The van der Waals surface area contributed by atoms with Crippen molar-refractivity contribution in [2.45, 2.75) is 49.0 Å². The zero-order valence-electron chi connectivity index (χ0n) is 11.1. The van der Waals surface area contributed by atoms with E-state index >= 15 is 0 Å². The maximum atomic E-state index is 9.65. The van der Waals surface area contributed by atoms with Crippen LogP contribution in [0.4, 0.5) is 0 Å². The summed E-state index contributed by atoms with van der Waals surface area (Å²) in [6, 6.07) is 0. The maximum Gasteiger partial charge on any atom is 0.186 e. The van der Waals surface area contributed by atoms with Crippen LogP contribution in [-0.2, 0) is 9.47 Å². The van der Waals surface area contributed by atoms with Gasteiger partial charge in [0.1, 0.15) is 42.7 Å². The summed E-state index contributed by atoms with van der Waals surface area (Å²) in [6.45, 7) is -1.97. The lowest BCUT2D eigenvalue weighted by Crippen LogP contribution is -2.59. The van der Waals surface area contributed by atoms with Crippen LogP contribution in [0.25, 0.3) is 0 Å². The van der Waals surface area contributed by atoms with Gasteiger partial charge in [-0.05, 0) is 0 Å². The molecular weight excluding hydrogens is 292 g/mol. The Morgan fingerprint density at radius 1 is 0.905 bits per heavy atom. The molecule has 21 heavy (non-hydrogen) atoms. The molecule has 0 aliphatic carbocycles. The lowest BCUT2D eigenvalue weighted by atomic mass is 9.99. The van der Waals surface area contributed by atoms with Crippen molar-refractivity contribution in [3.63, 3.8) is 0 Å². The third-order valence-electron chi connectivity index (χ3n) is 3.26. The van der Waals surface area contributed by atoms with E-state index in [0.29, 0.717) is 0 Å². The van der Waals surface area contributed by atoms with Gasteiger partial charge in [-0.25, -0.2) is 0 Å². The quantitative estimate of drug-likeness (QED) is 0.226. The molecule has 1 aliphatic heterocycles. The molecule has 8 N–H and O–H groups in total. The molecule has 10 nitrogen and oxygen atoms in total. The maximum absolute atomic E-state index is 9.65. The Labute approximate surface area is 120 Å². The molecule has 0 aromatic carbocycles. The molecule has 1 rings (SSSR count). The molecule has 1 aliphatic rings. The molecule has 1 fully saturated rings. The van der Waals surface area contributed by atoms with E-state index in [0.717, 1.165) is 0 Å². The van der Waals surface area contributed by atoms with Crippen molar-refractivity contribution in [1.29, 1.82) is 0 Å². The first kappa shape index (κ1) is 18.6. The van der Waals surface area contributed by atoms with E-state index in [4.69, 9.17) is 24.8 Å². The van der Waals surface area contributed by atoms with Crippen LogP contribution in [0.5, 0.6) is 0 Å². The number of aliphatic hydroxyl groups is 8. The molecule has 1 heterocycles. The summed E-state index contributed by atoms with van der Waals surface area (Å²) >= 11 is 0. The third kappa shape index (κ3) is 4.53. The minimum Gasteiger partial charge on any atom is -0.394 e. The zero-order valence-corrected chi connectivity index (χ0v) is 11.1. The van der Waals surface area contributed by atoms with Crippen molar-refractivity contribution >= 4 is 0 Å². The van der Waals surface area contributed by atoms with Crippen LogP contribution >= 0.6 is 0 Å². The lowest BCUT2D eigenvalue weighted by molar-refractivity contribution is -0.306. The van der Waals surface area contributed by atoms with Crippen LogP contribution in [0.1, 0.15) is 0 Å². The molecule has 0 radical (unpaired) electrons. The number of hydrogen-bond donors (Lipinski definition) is 8. The second kappa shape index (κ2) is 8.29. The Kier molecular flexibility index (Phi) is 7.36. The summed E-state index contributed by atoms with van der Waals surface area (Å²) in [6.07, 6.45) is -12.2. The van der Waals surface area contributed by atoms with Crippen LogP contribution < -0.4 is 0 Å². The van der Waals surface area contributed by atoms with E-state index in [2.05, 4.69) is 0 Å². The molecule has 0 spiro atoms. The van der Waals surface area contributed by atoms with Gasteiger partial charge in [0.15, 0.2) is 6.29 Å². The Balaban J connectivity index is 2.53. The van der Waals surface area contributed by atoms with E-state index in [-0.39, 0.29) is 0 Å². The fourth-order valence-corrected chi connectivity index (χ4v) is 1.86. The molecule has 1 saturated heterocycles. The van der Waals surface area contributed by atoms with Crippen LogP contribution in [0.15, 0.2) is 0 Å². The summed E-state index contributed by atoms with van der Waals surface area (Å²) in [4.78, 5) is 0. The van der Waals surface area contributed by atoms with Crippen molar-refractivity contribution < 1.29 is 50.3 Å². The monoisotopic (exact) mass is 314 g/mol. The third-order valence-corrected chi connectivity index (χ3v) is 3.26. The molecule has 0 aromatic heterocycles. The van der Waals surface area contributed by atoms with Gasteiger partial charge in [-0.1, -0.05) is 0 Å². The Hall–Kier alpha value is -0.400. The van der Waals surface area contributed by atoms with Gasteiger partial charge in [0.25, 0.3) is 0 Å². The molecule has 126 valence electrons. The fourth-order valence-electron chi connectivity index (χ4n) is 1.86. The van der Waals surface area contributed by atoms with E-state index in [1.165, 1.54) is 0 Å². The number of aliphatic hydroxyl groups excluding tert-OH is 8. The van der Waals surface area contributed by atoms with Crippen LogP contribution in [0.2, 0.25) is 0 Å². The molecule has 0 aromatic rings. The topological polar surface area (TPSA) is 180 Å². The number of ether oxygens (including phenoxy) is 2. The summed E-state index contributed by atoms with van der Waals surface area (Å²) < 4.78 is 9.98. The average molecular weight is 314 g/mol. The minimum absolute atomic E-state index is 0.582. The van der Waals surface area contributed by atoms with Crippen molar-refractivity contribution in [1.82, 2.24) is 0 Å². The molecule has 0 unspecified atom stereocenters. The highest BCUT2D eigenvalue weighted by molar-refractivity contribution is 4.89. The second-order valence-electron chi connectivity index (χ2n) is 4.84. The van der Waals surface area contributed by atoms with Crippen LogP contribution in [0.3, 0.4) is 0 Å². The van der Waals surface area contributed by atoms with E-state index in [1.807, 2.05) is 0 Å². The van der Waals surface area contributed by atoms with Crippen LogP contribution in [-0.4, -0.2) is 110 Å². The molecule has 10 heteroatoms. The van der Waals surface area contributed by atoms with E-state index < -0.39 is 68.8 Å². The van der Waals surface area contributed by atoms with Gasteiger partial charge in [0.2, 0.25) is 0 Å². The smallest absolute Gasteiger partial charge is 0.186 e. The average Bonchev–Trinajstić information content (AvgIpc) is 2.50. The Morgan fingerprint density at radius 3 is 2.05 bits per heavy atom. The minimum atomic E-state index is -1.68. The fraction of sp³-hybridized carbons (Fsp3) is 1.00. The normalized spacial score (nSPS) is 38.0. The molecule has 0 saturated carbocycles. The summed E-state index contributed by atoms with van der Waals surface area (Å²) in [5.74, 6) is 0. The summed E-state index contributed by atoms with van der Waals surface area (Å²) in [7, 11) is 0. The molecule has 0 bridgehead atoms. The van der Waals surface area contributed by atoms with Gasteiger partial charge >= 0.3 is 0 Å². The van der Waals surface area contributed by atoms with Gasteiger partial charge in [0.05, 0.1) is 19.8 Å². The van der Waals surface area contributed by atoms with Crippen molar-refractivity contribution in [3.8, 4) is 0 Å². The van der Waals surface area contributed by atoms with E-state index in [1.54, 1.807) is 0 Å². The zero-order chi connectivity index (χ0) is 16.2. The summed E-state index contributed by atoms with van der Waals surface area (Å²) in [5.41, 5.74) is 0. The SMILES string of the molecule is OC[C@@H](O)[C@H](O)[C@H](O)CO[C@@H]1O[C@H](CO)[C@@H](O)[C@H](O)[C@@H]1O. The second-order valence-corrected chi connectivity index (χ2v) is 4.84. The van der Waals surface area contributed by atoms with Gasteiger partial charge < -0.3 is 50.3 Å². The highest BCUT2D eigenvalue weighted by atomic mass is 16.7. The van der Waals surface area contributed by atoms with Crippen molar-refractivity contribution in [3.05, 3.63) is 0 Å². The van der Waals surface area contributed by atoms with Gasteiger partial charge in [-0.2, -0.15) is 0 Å². The van der Waals surface area contributed by atoms with Gasteiger partial charge in [-0.3, -0.25) is 0 Å². The summed E-state index contributed by atoms with van der Waals surface area (Å²) in [5, 5.41) is 74.4. The first-order valence-corrected chi connectivity index (χ1v) is 6.40. The molecule has 0 amide bonds. The Morgan fingerprint density at radius 2 is 1.52 bits per heavy atom. The number of hydrogen-bond acceptors (Lipinski definition) is 10. The first-order chi connectivity index (χ1) is 9.83. The predicted octanol–water partition coefficient (Wildman–Crippen LogP) is -5.12. The van der Waals surface area contributed by atoms with Crippen molar-refractivity contribution in [2.75, 3.05) is 19.8 Å². The lowest BCUT2D eigenvalue weighted by Gasteiger charge is -2.40. The highest BCUT2D eigenvalue weighted by Gasteiger charge is 2.44. The number of rotatable bonds is 7. The van der Waals surface area contributed by atoms with Gasteiger partial charge in [-0.15, -0.1) is 0 Å². The standard InChI is InChI=1S/C11H22O10/c12-1-4(14)7(16)5(15)3-20-11-10(19)9(18)8(17)6(2-13)21-11/h4-19H,1-3H2/t4-,5-,6-,7+,8-,9+,10+,11-/m1/s1. The largest absolute Gasteiger partial charge is 0.394 e. The van der Waals surface area contributed by atoms with Crippen LogP contribution in [0, 0.1) is 0 Å². The van der Waals surface area contributed by atoms with Gasteiger partial charge in [0, 0.05) is 0 Å².